The molecule has 1 saturated heterocycles. The standard InChI is InChI=1S/C16H24ClN3/c17-14-2-6-16(7-3-14)20-12-10-19(11-13-20)9-1-8-18-15-4-5-15/h2-3,6-7,15,18H,1,4-5,8-13H2. The molecule has 0 bridgehead atoms. The number of piperazine rings is 1. The summed E-state index contributed by atoms with van der Waals surface area (Å²) in [4.78, 5) is 5.04. The lowest BCUT2D eigenvalue weighted by Crippen LogP contribution is -2.47. The average Bonchev–Trinajstić information content (AvgIpc) is 3.29. The van der Waals surface area contributed by atoms with Gasteiger partial charge in [0.1, 0.15) is 0 Å². The highest BCUT2D eigenvalue weighted by atomic mass is 35.5. The third-order valence-corrected chi connectivity index (χ3v) is 4.48. The SMILES string of the molecule is Clc1ccc(N2CCN(CCCNC3CC3)CC2)cc1. The van der Waals surface area contributed by atoms with Crippen molar-refractivity contribution in [2.45, 2.75) is 25.3 Å². The number of nitrogens with zero attached hydrogens (tertiary/aromatic N) is 2. The van der Waals surface area contributed by atoms with Crippen molar-refractivity contribution in [3.05, 3.63) is 29.3 Å². The molecule has 0 amide bonds. The van der Waals surface area contributed by atoms with E-state index in [1.165, 1.54) is 51.1 Å². The Morgan fingerprint density at radius 2 is 1.75 bits per heavy atom. The van der Waals surface area contributed by atoms with E-state index in [-0.39, 0.29) is 0 Å². The van der Waals surface area contributed by atoms with Crippen molar-refractivity contribution in [2.24, 2.45) is 0 Å². The molecule has 4 heteroatoms. The number of hydrogen-bond donors (Lipinski definition) is 1. The van der Waals surface area contributed by atoms with Crippen LogP contribution in [0.4, 0.5) is 5.69 Å². The summed E-state index contributed by atoms with van der Waals surface area (Å²) in [6, 6.07) is 9.05. The molecule has 0 aromatic heterocycles. The summed E-state index contributed by atoms with van der Waals surface area (Å²) in [5.74, 6) is 0. The number of benzene rings is 1. The summed E-state index contributed by atoms with van der Waals surface area (Å²) in [5, 5.41) is 4.40. The molecule has 1 aromatic carbocycles. The van der Waals surface area contributed by atoms with Crippen molar-refractivity contribution < 1.29 is 0 Å². The minimum absolute atomic E-state index is 0.815. The number of anilines is 1. The molecule has 0 unspecified atom stereocenters. The number of nitrogens with one attached hydrogen (secondary N) is 1. The molecule has 3 nitrogen and oxygen atoms in total. The van der Waals surface area contributed by atoms with Gasteiger partial charge in [0, 0.05) is 42.9 Å². The van der Waals surface area contributed by atoms with Crippen LogP contribution in [-0.2, 0) is 0 Å². The van der Waals surface area contributed by atoms with Crippen LogP contribution < -0.4 is 10.2 Å². The zero-order valence-electron chi connectivity index (χ0n) is 12.0. The summed E-state index contributed by atoms with van der Waals surface area (Å²) in [5.41, 5.74) is 1.30. The monoisotopic (exact) mass is 293 g/mol. The minimum Gasteiger partial charge on any atom is -0.369 e. The normalized spacial score (nSPS) is 20.4. The summed E-state index contributed by atoms with van der Waals surface area (Å²) in [6.45, 7) is 7.00. The van der Waals surface area contributed by atoms with Crippen LogP contribution in [-0.4, -0.2) is 50.2 Å². The average molecular weight is 294 g/mol. The lowest BCUT2D eigenvalue weighted by Gasteiger charge is -2.36. The Kier molecular flexibility index (Phi) is 4.81. The number of halogens is 1. The van der Waals surface area contributed by atoms with Crippen molar-refractivity contribution in [2.75, 3.05) is 44.2 Å². The van der Waals surface area contributed by atoms with E-state index in [0.29, 0.717) is 0 Å². The fourth-order valence-electron chi connectivity index (χ4n) is 2.78. The molecule has 2 aliphatic rings. The molecule has 0 atom stereocenters. The molecule has 1 heterocycles. The molecule has 1 aliphatic carbocycles. The van der Waals surface area contributed by atoms with E-state index in [2.05, 4.69) is 27.2 Å². The molecular weight excluding hydrogens is 270 g/mol. The van der Waals surface area contributed by atoms with Crippen LogP contribution in [0.15, 0.2) is 24.3 Å². The van der Waals surface area contributed by atoms with E-state index in [1.807, 2.05) is 12.1 Å². The van der Waals surface area contributed by atoms with Crippen molar-refractivity contribution >= 4 is 17.3 Å². The topological polar surface area (TPSA) is 18.5 Å². The van der Waals surface area contributed by atoms with Gasteiger partial charge in [-0.1, -0.05) is 11.6 Å². The summed E-state index contributed by atoms with van der Waals surface area (Å²) in [6.07, 6.45) is 4.05. The molecule has 1 aromatic rings. The molecule has 3 rings (SSSR count). The predicted octanol–water partition coefficient (Wildman–Crippen LogP) is 2.60. The van der Waals surface area contributed by atoms with Gasteiger partial charge in [-0.05, 0) is 56.6 Å². The maximum atomic E-state index is 5.94. The highest BCUT2D eigenvalue weighted by Crippen LogP contribution is 2.20. The van der Waals surface area contributed by atoms with Gasteiger partial charge in [-0.25, -0.2) is 0 Å². The predicted molar refractivity (Wildman–Crippen MR) is 85.7 cm³/mol. The zero-order chi connectivity index (χ0) is 13.8. The molecule has 1 N–H and O–H groups in total. The van der Waals surface area contributed by atoms with Crippen molar-refractivity contribution in [3.63, 3.8) is 0 Å². The first kappa shape index (κ1) is 14.2. The maximum absolute atomic E-state index is 5.94. The third-order valence-electron chi connectivity index (χ3n) is 4.23. The molecule has 20 heavy (non-hydrogen) atoms. The van der Waals surface area contributed by atoms with Gasteiger partial charge in [-0.15, -0.1) is 0 Å². The van der Waals surface area contributed by atoms with Crippen LogP contribution in [0.25, 0.3) is 0 Å². The minimum atomic E-state index is 0.815. The van der Waals surface area contributed by atoms with Crippen molar-refractivity contribution in [3.8, 4) is 0 Å². The summed E-state index contributed by atoms with van der Waals surface area (Å²) < 4.78 is 0. The highest BCUT2D eigenvalue weighted by Gasteiger charge is 2.20. The van der Waals surface area contributed by atoms with E-state index < -0.39 is 0 Å². The Labute approximate surface area is 126 Å². The molecule has 0 radical (unpaired) electrons. The van der Waals surface area contributed by atoms with Crippen molar-refractivity contribution in [1.29, 1.82) is 0 Å². The van der Waals surface area contributed by atoms with E-state index in [0.717, 1.165) is 24.2 Å². The van der Waals surface area contributed by atoms with Gasteiger partial charge in [0.05, 0.1) is 0 Å². The second-order valence-corrected chi connectivity index (χ2v) is 6.32. The highest BCUT2D eigenvalue weighted by molar-refractivity contribution is 6.30. The first-order valence-corrected chi connectivity index (χ1v) is 8.15. The Bertz CT molecular complexity index is 408. The molecule has 1 saturated carbocycles. The fourth-order valence-corrected chi connectivity index (χ4v) is 2.90. The first-order valence-electron chi connectivity index (χ1n) is 7.77. The van der Waals surface area contributed by atoms with Crippen LogP contribution in [0, 0.1) is 0 Å². The summed E-state index contributed by atoms with van der Waals surface area (Å²) >= 11 is 5.94. The smallest absolute Gasteiger partial charge is 0.0407 e. The lowest BCUT2D eigenvalue weighted by atomic mass is 10.2. The number of hydrogen-bond acceptors (Lipinski definition) is 3. The van der Waals surface area contributed by atoms with Crippen LogP contribution >= 0.6 is 11.6 Å². The van der Waals surface area contributed by atoms with Gasteiger partial charge in [-0.3, -0.25) is 4.90 Å². The lowest BCUT2D eigenvalue weighted by molar-refractivity contribution is 0.254. The molecular formula is C16H24ClN3. The van der Waals surface area contributed by atoms with Gasteiger partial charge < -0.3 is 10.2 Å². The molecule has 0 spiro atoms. The molecule has 1 aliphatic heterocycles. The third kappa shape index (κ3) is 4.11. The molecule has 110 valence electrons. The van der Waals surface area contributed by atoms with E-state index in [4.69, 9.17) is 11.6 Å². The first-order chi connectivity index (χ1) is 9.81. The van der Waals surface area contributed by atoms with Crippen LogP contribution in [0.2, 0.25) is 5.02 Å². The summed E-state index contributed by atoms with van der Waals surface area (Å²) in [7, 11) is 0. The Morgan fingerprint density at radius 3 is 2.40 bits per heavy atom. The Balaban J connectivity index is 1.36. The van der Waals surface area contributed by atoms with Gasteiger partial charge in [0.2, 0.25) is 0 Å². The van der Waals surface area contributed by atoms with Crippen LogP contribution in [0.3, 0.4) is 0 Å². The van der Waals surface area contributed by atoms with Gasteiger partial charge in [0.15, 0.2) is 0 Å². The van der Waals surface area contributed by atoms with Crippen LogP contribution in [0.1, 0.15) is 19.3 Å². The van der Waals surface area contributed by atoms with E-state index in [9.17, 15) is 0 Å². The maximum Gasteiger partial charge on any atom is 0.0407 e. The van der Waals surface area contributed by atoms with E-state index >= 15 is 0 Å². The van der Waals surface area contributed by atoms with Crippen molar-refractivity contribution in [1.82, 2.24) is 10.2 Å². The largest absolute Gasteiger partial charge is 0.369 e. The molecule has 2 fully saturated rings. The van der Waals surface area contributed by atoms with Gasteiger partial charge in [-0.2, -0.15) is 0 Å². The van der Waals surface area contributed by atoms with Gasteiger partial charge in [0.25, 0.3) is 0 Å². The van der Waals surface area contributed by atoms with Gasteiger partial charge >= 0.3 is 0 Å². The Hall–Kier alpha value is -0.770. The number of rotatable bonds is 6. The van der Waals surface area contributed by atoms with Crippen LogP contribution in [0.5, 0.6) is 0 Å². The Morgan fingerprint density at radius 1 is 1.05 bits per heavy atom. The second-order valence-electron chi connectivity index (χ2n) is 5.89. The zero-order valence-corrected chi connectivity index (χ0v) is 12.8. The van der Waals surface area contributed by atoms with E-state index in [1.54, 1.807) is 0 Å². The quantitative estimate of drug-likeness (QED) is 0.814. The fraction of sp³-hybridized carbons (Fsp3) is 0.625. The second kappa shape index (κ2) is 6.79.